The van der Waals surface area contributed by atoms with E-state index >= 15 is 0 Å². The zero-order valence-corrected chi connectivity index (χ0v) is 9.78. The van der Waals surface area contributed by atoms with Crippen LogP contribution in [0, 0.1) is 11.3 Å². The van der Waals surface area contributed by atoms with E-state index in [2.05, 4.69) is 6.07 Å². The highest BCUT2D eigenvalue weighted by Crippen LogP contribution is 2.22. The summed E-state index contributed by atoms with van der Waals surface area (Å²) in [6.45, 7) is 0. The molecular formula is C14H9NOS. The largest absolute Gasteiger partial charge is 0.298 e. The minimum Gasteiger partial charge on any atom is -0.298 e. The number of allylic oxidation sites excluding steroid dienone is 1. The Labute approximate surface area is 103 Å². The first-order valence-electron chi connectivity index (χ1n) is 5.04. The van der Waals surface area contributed by atoms with E-state index in [1.807, 2.05) is 35.7 Å². The molecule has 0 saturated carbocycles. The number of hydrogen-bond donors (Lipinski definition) is 0. The van der Waals surface area contributed by atoms with E-state index in [0.29, 0.717) is 11.1 Å². The summed E-state index contributed by atoms with van der Waals surface area (Å²) in [4.78, 5) is 11.5. The van der Waals surface area contributed by atoms with Gasteiger partial charge in [0.2, 0.25) is 0 Å². The van der Waals surface area contributed by atoms with Gasteiger partial charge in [-0.25, -0.2) is 0 Å². The number of nitrogens with zero attached hydrogens (tertiary/aromatic N) is 1. The lowest BCUT2D eigenvalue weighted by Gasteiger charge is -1.96. The Morgan fingerprint density at radius 1 is 1.18 bits per heavy atom. The Morgan fingerprint density at radius 2 is 1.88 bits per heavy atom. The standard InChI is InChI=1S/C14H9NOS/c15-9-13(14-2-1-7-17-14)8-11-3-5-12(10-16)6-4-11/h1-8,10H/b13-8+. The van der Waals surface area contributed by atoms with Crippen LogP contribution in [-0.2, 0) is 0 Å². The normalized spacial score (nSPS) is 10.9. The van der Waals surface area contributed by atoms with Crippen LogP contribution in [0.4, 0.5) is 0 Å². The molecule has 2 nitrogen and oxygen atoms in total. The van der Waals surface area contributed by atoms with Crippen LogP contribution >= 0.6 is 11.3 Å². The maximum Gasteiger partial charge on any atom is 0.150 e. The molecule has 0 saturated heterocycles. The first-order chi connectivity index (χ1) is 8.33. The number of rotatable bonds is 3. The van der Waals surface area contributed by atoms with Gasteiger partial charge in [0.25, 0.3) is 0 Å². The van der Waals surface area contributed by atoms with Crippen LogP contribution in [0.2, 0.25) is 0 Å². The van der Waals surface area contributed by atoms with Gasteiger partial charge in [-0.3, -0.25) is 4.79 Å². The van der Waals surface area contributed by atoms with Crippen molar-refractivity contribution >= 4 is 29.3 Å². The van der Waals surface area contributed by atoms with Gasteiger partial charge in [-0.05, 0) is 23.1 Å². The molecule has 2 aromatic rings. The van der Waals surface area contributed by atoms with Gasteiger partial charge in [0.1, 0.15) is 12.4 Å². The molecule has 0 amide bonds. The first kappa shape index (κ1) is 11.3. The Bertz CT molecular complexity index is 574. The lowest BCUT2D eigenvalue weighted by Crippen LogP contribution is -1.80. The van der Waals surface area contributed by atoms with E-state index in [1.165, 1.54) is 11.3 Å². The minimum atomic E-state index is 0.636. The van der Waals surface area contributed by atoms with Crippen molar-refractivity contribution in [2.45, 2.75) is 0 Å². The molecular weight excluding hydrogens is 230 g/mol. The first-order valence-corrected chi connectivity index (χ1v) is 5.92. The van der Waals surface area contributed by atoms with Crippen molar-refractivity contribution in [3.63, 3.8) is 0 Å². The minimum absolute atomic E-state index is 0.636. The van der Waals surface area contributed by atoms with Gasteiger partial charge < -0.3 is 0 Å². The second-order valence-corrected chi connectivity index (χ2v) is 4.38. The van der Waals surface area contributed by atoms with Crippen molar-refractivity contribution in [1.82, 2.24) is 0 Å². The van der Waals surface area contributed by atoms with Gasteiger partial charge in [-0.15, -0.1) is 11.3 Å². The zero-order valence-electron chi connectivity index (χ0n) is 8.96. The molecule has 1 heterocycles. The monoisotopic (exact) mass is 239 g/mol. The molecule has 0 radical (unpaired) electrons. The third-order valence-electron chi connectivity index (χ3n) is 2.29. The zero-order chi connectivity index (χ0) is 12.1. The van der Waals surface area contributed by atoms with Crippen molar-refractivity contribution in [2.24, 2.45) is 0 Å². The van der Waals surface area contributed by atoms with Crippen LogP contribution in [0.3, 0.4) is 0 Å². The van der Waals surface area contributed by atoms with Gasteiger partial charge >= 0.3 is 0 Å². The molecule has 3 heteroatoms. The fraction of sp³-hybridized carbons (Fsp3) is 0. The summed E-state index contributed by atoms with van der Waals surface area (Å²) >= 11 is 1.54. The summed E-state index contributed by atoms with van der Waals surface area (Å²) in [5.74, 6) is 0. The average molecular weight is 239 g/mol. The fourth-order valence-corrected chi connectivity index (χ4v) is 2.12. The molecule has 1 aromatic heterocycles. The smallest absolute Gasteiger partial charge is 0.150 e. The van der Waals surface area contributed by atoms with Crippen molar-refractivity contribution in [1.29, 1.82) is 5.26 Å². The van der Waals surface area contributed by atoms with Gasteiger partial charge in [-0.1, -0.05) is 30.3 Å². The Morgan fingerprint density at radius 3 is 2.41 bits per heavy atom. The number of nitriles is 1. The lowest BCUT2D eigenvalue weighted by atomic mass is 10.1. The van der Waals surface area contributed by atoms with Gasteiger partial charge in [0, 0.05) is 10.4 Å². The maximum absolute atomic E-state index is 10.5. The number of hydrogen-bond acceptors (Lipinski definition) is 3. The molecule has 0 aliphatic carbocycles. The second kappa shape index (κ2) is 5.24. The fourth-order valence-electron chi connectivity index (χ4n) is 1.43. The van der Waals surface area contributed by atoms with Crippen molar-refractivity contribution < 1.29 is 4.79 Å². The molecule has 0 bridgehead atoms. The number of carbonyl (C=O) groups is 1. The SMILES string of the molecule is N#C/C(=C\c1ccc(C=O)cc1)c1cccs1. The highest BCUT2D eigenvalue weighted by molar-refractivity contribution is 7.11. The lowest BCUT2D eigenvalue weighted by molar-refractivity contribution is 0.112. The summed E-state index contributed by atoms with van der Waals surface area (Å²) in [5.41, 5.74) is 2.19. The van der Waals surface area contributed by atoms with E-state index in [0.717, 1.165) is 16.7 Å². The van der Waals surface area contributed by atoms with Crippen LogP contribution in [0.1, 0.15) is 20.8 Å². The summed E-state index contributed by atoms with van der Waals surface area (Å²) in [6, 6.07) is 13.1. The second-order valence-electron chi connectivity index (χ2n) is 3.43. The van der Waals surface area contributed by atoms with E-state index in [-0.39, 0.29) is 0 Å². The number of aldehydes is 1. The summed E-state index contributed by atoms with van der Waals surface area (Å²) in [5, 5.41) is 11.0. The third kappa shape index (κ3) is 2.68. The van der Waals surface area contributed by atoms with E-state index in [1.54, 1.807) is 12.1 Å². The van der Waals surface area contributed by atoms with E-state index < -0.39 is 0 Å². The molecule has 0 unspecified atom stereocenters. The number of carbonyl (C=O) groups excluding carboxylic acids is 1. The van der Waals surface area contributed by atoms with Crippen molar-refractivity contribution in [2.75, 3.05) is 0 Å². The molecule has 2 rings (SSSR count). The van der Waals surface area contributed by atoms with E-state index in [4.69, 9.17) is 5.26 Å². The van der Waals surface area contributed by atoms with Crippen LogP contribution in [0.5, 0.6) is 0 Å². The van der Waals surface area contributed by atoms with Crippen molar-refractivity contribution in [3.8, 4) is 6.07 Å². The van der Waals surface area contributed by atoms with Gasteiger partial charge in [0.15, 0.2) is 0 Å². The molecule has 0 aliphatic heterocycles. The van der Waals surface area contributed by atoms with Crippen LogP contribution in [0.15, 0.2) is 41.8 Å². The van der Waals surface area contributed by atoms with Crippen LogP contribution < -0.4 is 0 Å². The topological polar surface area (TPSA) is 40.9 Å². The summed E-state index contributed by atoms with van der Waals surface area (Å²) < 4.78 is 0. The van der Waals surface area contributed by atoms with E-state index in [9.17, 15) is 4.79 Å². The molecule has 0 aliphatic rings. The molecule has 0 spiro atoms. The molecule has 0 fully saturated rings. The van der Waals surface area contributed by atoms with Crippen LogP contribution in [-0.4, -0.2) is 6.29 Å². The Balaban J connectivity index is 2.34. The Hall–Kier alpha value is -2.18. The molecule has 17 heavy (non-hydrogen) atoms. The van der Waals surface area contributed by atoms with Gasteiger partial charge in [0.05, 0.1) is 5.57 Å². The summed E-state index contributed by atoms with van der Waals surface area (Å²) in [6.07, 6.45) is 2.62. The molecule has 1 aromatic carbocycles. The number of thiophene rings is 1. The van der Waals surface area contributed by atoms with Crippen LogP contribution in [0.25, 0.3) is 11.6 Å². The Kier molecular flexibility index (Phi) is 3.49. The number of benzene rings is 1. The molecule has 82 valence electrons. The summed E-state index contributed by atoms with van der Waals surface area (Å²) in [7, 11) is 0. The highest BCUT2D eigenvalue weighted by atomic mass is 32.1. The predicted molar refractivity (Wildman–Crippen MR) is 69.6 cm³/mol. The average Bonchev–Trinajstić information content (AvgIpc) is 2.90. The molecule has 0 N–H and O–H groups in total. The quantitative estimate of drug-likeness (QED) is 0.606. The maximum atomic E-state index is 10.5. The van der Waals surface area contributed by atoms with Crippen molar-refractivity contribution in [3.05, 3.63) is 57.8 Å². The molecule has 0 atom stereocenters. The predicted octanol–water partition coefficient (Wildman–Crippen LogP) is 3.62. The highest BCUT2D eigenvalue weighted by Gasteiger charge is 2.01. The van der Waals surface area contributed by atoms with Gasteiger partial charge in [-0.2, -0.15) is 5.26 Å². The third-order valence-corrected chi connectivity index (χ3v) is 3.19.